The molecule has 1 aromatic rings. The fourth-order valence-corrected chi connectivity index (χ4v) is 2.57. The molecule has 1 fully saturated rings. The van der Waals surface area contributed by atoms with Crippen molar-refractivity contribution in [1.29, 1.82) is 0 Å². The van der Waals surface area contributed by atoms with E-state index in [1.807, 2.05) is 13.8 Å². The van der Waals surface area contributed by atoms with Crippen molar-refractivity contribution in [3.8, 4) is 0 Å². The van der Waals surface area contributed by atoms with Crippen LogP contribution in [0.2, 0.25) is 0 Å². The molecular weight excluding hydrogens is 262 g/mol. The fourth-order valence-electron chi connectivity index (χ4n) is 2.57. The van der Waals surface area contributed by atoms with Crippen LogP contribution in [0, 0.1) is 13.8 Å². The second-order valence-electron chi connectivity index (χ2n) is 5.08. The van der Waals surface area contributed by atoms with Crippen LogP contribution in [-0.2, 0) is 20.7 Å². The molecule has 0 spiro atoms. The van der Waals surface area contributed by atoms with E-state index in [1.54, 1.807) is 0 Å². The Morgan fingerprint density at radius 3 is 2.70 bits per heavy atom. The lowest BCUT2D eigenvalue weighted by atomic mass is 10.1. The summed E-state index contributed by atoms with van der Waals surface area (Å²) in [5.74, 6) is -1.19. The number of carboxylic acid groups (broad SMARTS) is 1. The zero-order valence-electron chi connectivity index (χ0n) is 11.8. The molecule has 1 aliphatic rings. The van der Waals surface area contributed by atoms with E-state index in [-0.39, 0.29) is 18.4 Å². The molecule has 20 heavy (non-hydrogen) atoms. The van der Waals surface area contributed by atoms with E-state index in [2.05, 4.69) is 10.2 Å². The van der Waals surface area contributed by atoms with E-state index >= 15 is 0 Å². The molecule has 0 saturated carbocycles. The third kappa shape index (κ3) is 2.67. The highest BCUT2D eigenvalue weighted by Crippen LogP contribution is 2.22. The smallest absolute Gasteiger partial charge is 0.326 e. The van der Waals surface area contributed by atoms with Gasteiger partial charge in [0.2, 0.25) is 5.91 Å². The number of nitrogens with zero attached hydrogens (tertiary/aromatic N) is 2. The number of amides is 1. The summed E-state index contributed by atoms with van der Waals surface area (Å²) in [6, 6.07) is -0.806. The van der Waals surface area contributed by atoms with E-state index in [0.29, 0.717) is 13.0 Å². The minimum atomic E-state index is -0.987. The Balaban J connectivity index is 2.13. The summed E-state index contributed by atoms with van der Waals surface area (Å²) in [5, 5.41) is 16.1. The summed E-state index contributed by atoms with van der Waals surface area (Å²) < 4.78 is 5.18. The topological polar surface area (TPSA) is 95.5 Å². The van der Waals surface area contributed by atoms with Crippen molar-refractivity contribution in [2.75, 3.05) is 13.7 Å². The summed E-state index contributed by atoms with van der Waals surface area (Å²) >= 11 is 0. The predicted octanol–water partition coefficient (Wildman–Crippen LogP) is 0.270. The van der Waals surface area contributed by atoms with E-state index in [4.69, 9.17) is 4.74 Å². The number of aromatic nitrogens is 2. The largest absolute Gasteiger partial charge is 0.480 e. The summed E-state index contributed by atoms with van der Waals surface area (Å²) in [7, 11) is 1.53. The van der Waals surface area contributed by atoms with Crippen LogP contribution >= 0.6 is 0 Å². The van der Waals surface area contributed by atoms with Crippen LogP contribution in [0.1, 0.15) is 23.4 Å². The van der Waals surface area contributed by atoms with Gasteiger partial charge < -0.3 is 14.7 Å². The Morgan fingerprint density at radius 2 is 2.20 bits per heavy atom. The van der Waals surface area contributed by atoms with Crippen molar-refractivity contribution >= 4 is 11.9 Å². The van der Waals surface area contributed by atoms with Crippen LogP contribution in [0.25, 0.3) is 0 Å². The van der Waals surface area contributed by atoms with Gasteiger partial charge in [-0.25, -0.2) is 4.79 Å². The van der Waals surface area contributed by atoms with E-state index in [1.165, 1.54) is 12.0 Å². The van der Waals surface area contributed by atoms with Gasteiger partial charge >= 0.3 is 5.97 Å². The van der Waals surface area contributed by atoms with Crippen molar-refractivity contribution in [3.63, 3.8) is 0 Å². The number of carboxylic acids is 1. The first-order valence-corrected chi connectivity index (χ1v) is 6.49. The van der Waals surface area contributed by atoms with Gasteiger partial charge in [-0.2, -0.15) is 5.10 Å². The third-order valence-corrected chi connectivity index (χ3v) is 3.81. The maximum absolute atomic E-state index is 12.4. The second-order valence-corrected chi connectivity index (χ2v) is 5.08. The molecule has 0 radical (unpaired) electrons. The zero-order valence-corrected chi connectivity index (χ0v) is 11.8. The third-order valence-electron chi connectivity index (χ3n) is 3.81. The molecular formula is C13H19N3O4. The molecule has 2 heterocycles. The van der Waals surface area contributed by atoms with Gasteiger partial charge in [-0.3, -0.25) is 9.89 Å². The molecule has 1 saturated heterocycles. The lowest BCUT2D eigenvalue weighted by molar-refractivity contribution is -0.148. The Morgan fingerprint density at radius 1 is 1.50 bits per heavy atom. The molecule has 0 aliphatic carbocycles. The van der Waals surface area contributed by atoms with Crippen molar-refractivity contribution in [2.24, 2.45) is 0 Å². The maximum atomic E-state index is 12.4. The quantitative estimate of drug-likeness (QED) is 0.826. The molecule has 7 heteroatoms. The lowest BCUT2D eigenvalue weighted by Crippen LogP contribution is -2.41. The number of aryl methyl sites for hydroxylation is 2. The summed E-state index contributed by atoms with van der Waals surface area (Å²) in [4.78, 5) is 25.0. The van der Waals surface area contributed by atoms with Gasteiger partial charge in [0.05, 0.1) is 18.2 Å². The standard InChI is InChI=1S/C13H19N3O4/c1-7-10(8(2)15-14-7)5-12(17)16-6-9(20-3)4-11(16)13(18)19/h9,11H,4-6H2,1-3H3,(H,14,15)(H,18,19). The average Bonchev–Trinajstić information content (AvgIpc) is 2.97. The number of aromatic amines is 1. The van der Waals surface area contributed by atoms with Gasteiger partial charge in [-0.1, -0.05) is 0 Å². The first-order valence-electron chi connectivity index (χ1n) is 6.49. The highest BCUT2D eigenvalue weighted by Gasteiger charge is 2.39. The Kier molecular flexibility index (Phi) is 4.08. The van der Waals surface area contributed by atoms with Crippen LogP contribution < -0.4 is 0 Å². The minimum Gasteiger partial charge on any atom is -0.480 e. The minimum absolute atomic E-state index is 0.161. The normalized spacial score (nSPS) is 22.2. The highest BCUT2D eigenvalue weighted by atomic mass is 16.5. The molecule has 2 atom stereocenters. The van der Waals surface area contributed by atoms with Crippen molar-refractivity contribution < 1.29 is 19.4 Å². The van der Waals surface area contributed by atoms with Crippen molar-refractivity contribution in [2.45, 2.75) is 38.8 Å². The van der Waals surface area contributed by atoms with Gasteiger partial charge in [0, 0.05) is 31.3 Å². The summed E-state index contributed by atoms with van der Waals surface area (Å²) in [5.41, 5.74) is 2.44. The van der Waals surface area contributed by atoms with E-state index in [9.17, 15) is 14.7 Å². The second kappa shape index (κ2) is 5.62. The highest BCUT2D eigenvalue weighted by molar-refractivity contribution is 5.86. The number of likely N-dealkylation sites (tertiary alicyclic amines) is 1. The first-order chi connectivity index (χ1) is 9.43. The van der Waals surface area contributed by atoms with Crippen molar-refractivity contribution in [3.05, 3.63) is 17.0 Å². The lowest BCUT2D eigenvalue weighted by Gasteiger charge is -2.21. The molecule has 2 N–H and O–H groups in total. The summed E-state index contributed by atoms with van der Waals surface area (Å²) in [6.07, 6.45) is 0.279. The monoisotopic (exact) mass is 281 g/mol. The molecule has 110 valence electrons. The van der Waals surface area contributed by atoms with Gasteiger partial charge in [0.25, 0.3) is 0 Å². The van der Waals surface area contributed by atoms with Crippen LogP contribution in [0.3, 0.4) is 0 Å². The molecule has 1 aromatic heterocycles. The number of aliphatic carboxylic acids is 1. The van der Waals surface area contributed by atoms with E-state index < -0.39 is 12.0 Å². The Hall–Kier alpha value is -1.89. The molecule has 1 aliphatic heterocycles. The number of ether oxygens (including phenoxy) is 1. The number of rotatable bonds is 4. The number of H-pyrrole nitrogens is 1. The maximum Gasteiger partial charge on any atom is 0.326 e. The SMILES string of the molecule is COC1CC(C(=O)O)N(C(=O)Cc2c(C)n[nH]c2C)C1. The summed E-state index contributed by atoms with van der Waals surface area (Å²) in [6.45, 7) is 3.99. The van der Waals surface area contributed by atoms with Gasteiger partial charge in [0.15, 0.2) is 0 Å². The molecule has 2 rings (SSSR count). The number of methoxy groups -OCH3 is 1. The number of carbonyl (C=O) groups is 2. The number of carbonyl (C=O) groups excluding carboxylic acids is 1. The van der Waals surface area contributed by atoms with Gasteiger partial charge in [0.1, 0.15) is 6.04 Å². The van der Waals surface area contributed by atoms with Gasteiger partial charge in [-0.15, -0.1) is 0 Å². The number of hydrogen-bond acceptors (Lipinski definition) is 4. The molecule has 2 unspecified atom stereocenters. The van der Waals surface area contributed by atoms with Gasteiger partial charge in [-0.05, 0) is 13.8 Å². The number of nitrogens with one attached hydrogen (secondary N) is 1. The molecule has 0 aromatic carbocycles. The van der Waals surface area contributed by atoms with Crippen LogP contribution in [0.4, 0.5) is 0 Å². The Labute approximate surface area is 116 Å². The van der Waals surface area contributed by atoms with Crippen molar-refractivity contribution in [1.82, 2.24) is 15.1 Å². The fraction of sp³-hybridized carbons (Fsp3) is 0.615. The van der Waals surface area contributed by atoms with Crippen LogP contribution in [-0.4, -0.2) is 57.9 Å². The molecule has 1 amide bonds. The van der Waals surface area contributed by atoms with Crippen LogP contribution in [0.5, 0.6) is 0 Å². The molecule has 7 nitrogen and oxygen atoms in total. The average molecular weight is 281 g/mol. The zero-order chi connectivity index (χ0) is 14.9. The first kappa shape index (κ1) is 14.5. The Bertz CT molecular complexity index is 506. The van der Waals surface area contributed by atoms with Crippen LogP contribution in [0.15, 0.2) is 0 Å². The van der Waals surface area contributed by atoms with E-state index in [0.717, 1.165) is 17.0 Å². The molecule has 0 bridgehead atoms. The predicted molar refractivity (Wildman–Crippen MR) is 70.3 cm³/mol. The number of hydrogen-bond donors (Lipinski definition) is 2.